The number of esters is 1. The van der Waals surface area contributed by atoms with E-state index in [2.05, 4.69) is 4.99 Å². The fraction of sp³-hybridized carbons (Fsp3) is 0.312. The summed E-state index contributed by atoms with van der Waals surface area (Å²) in [6, 6.07) is 6.95. The van der Waals surface area contributed by atoms with Crippen molar-refractivity contribution in [3.05, 3.63) is 46.1 Å². The lowest BCUT2D eigenvalue weighted by Crippen LogP contribution is -2.30. The molecule has 1 aromatic carbocycles. The molecule has 0 saturated heterocycles. The summed E-state index contributed by atoms with van der Waals surface area (Å²) in [6.07, 6.45) is 0.705. The van der Waals surface area contributed by atoms with Crippen LogP contribution in [0.15, 0.2) is 40.5 Å². The Hall–Kier alpha value is -1.65. The van der Waals surface area contributed by atoms with Crippen molar-refractivity contribution in [3.8, 4) is 0 Å². The minimum absolute atomic E-state index is 0.167. The molecule has 6 heteroatoms. The number of carbonyl (C=O) groups is 2. The van der Waals surface area contributed by atoms with Crippen LogP contribution in [0.4, 0.5) is 0 Å². The molecule has 0 aromatic heterocycles. The van der Waals surface area contributed by atoms with E-state index < -0.39 is 17.8 Å². The molecule has 0 radical (unpaired) electrons. The first-order valence-electron chi connectivity index (χ1n) is 6.82. The van der Waals surface area contributed by atoms with Gasteiger partial charge >= 0.3 is 5.97 Å². The van der Waals surface area contributed by atoms with Gasteiger partial charge in [-0.2, -0.15) is 0 Å². The van der Waals surface area contributed by atoms with E-state index in [9.17, 15) is 9.59 Å². The number of hydrogen-bond acceptors (Lipinski definition) is 4. The highest BCUT2D eigenvalue weighted by Gasteiger charge is 2.38. The van der Waals surface area contributed by atoms with Crippen LogP contribution in [0.2, 0.25) is 5.02 Å². The molecule has 0 spiro atoms. The number of nitrogens with zero attached hydrogens (tertiary/aromatic N) is 1. The third-order valence-corrected chi connectivity index (χ3v) is 4.07. The smallest absolute Gasteiger partial charge is 0.336 e. The number of rotatable bonds is 4. The first-order chi connectivity index (χ1) is 10.5. The van der Waals surface area contributed by atoms with Crippen molar-refractivity contribution < 1.29 is 14.3 Å². The van der Waals surface area contributed by atoms with Gasteiger partial charge in [0.05, 0.1) is 18.1 Å². The van der Waals surface area contributed by atoms with Gasteiger partial charge in [0, 0.05) is 16.6 Å². The van der Waals surface area contributed by atoms with Gasteiger partial charge in [-0.15, -0.1) is 0 Å². The van der Waals surface area contributed by atoms with Crippen LogP contribution in [0.1, 0.15) is 25.3 Å². The van der Waals surface area contributed by atoms with Crippen LogP contribution in [0, 0.1) is 5.92 Å². The molecule has 2 unspecified atom stereocenters. The summed E-state index contributed by atoms with van der Waals surface area (Å²) in [5.74, 6) is -1.73. The molecule has 1 aliphatic heterocycles. The van der Waals surface area contributed by atoms with Crippen LogP contribution >= 0.6 is 23.2 Å². The van der Waals surface area contributed by atoms with Crippen LogP contribution in [-0.2, 0) is 14.3 Å². The highest BCUT2D eigenvalue weighted by atomic mass is 35.5. The van der Waals surface area contributed by atoms with Crippen molar-refractivity contribution in [2.24, 2.45) is 10.9 Å². The van der Waals surface area contributed by atoms with Crippen LogP contribution in [0.5, 0.6) is 0 Å². The third kappa shape index (κ3) is 3.23. The molecule has 116 valence electrons. The molecule has 0 N–H and O–H groups in total. The third-order valence-electron chi connectivity index (χ3n) is 3.48. The summed E-state index contributed by atoms with van der Waals surface area (Å²) in [4.78, 5) is 27.9. The first kappa shape index (κ1) is 16.7. The molecule has 2 atom stereocenters. The van der Waals surface area contributed by atoms with Crippen LogP contribution in [-0.4, -0.2) is 24.0 Å². The summed E-state index contributed by atoms with van der Waals surface area (Å²) in [5, 5.41) is 0.737. The number of benzene rings is 1. The van der Waals surface area contributed by atoms with Gasteiger partial charge in [0.15, 0.2) is 0 Å². The quantitative estimate of drug-likeness (QED) is 0.620. The fourth-order valence-electron chi connectivity index (χ4n) is 2.50. The van der Waals surface area contributed by atoms with Crippen molar-refractivity contribution in [3.63, 3.8) is 0 Å². The molecule has 4 nitrogen and oxygen atoms in total. The lowest BCUT2D eigenvalue weighted by molar-refractivity contribution is -0.139. The topological polar surface area (TPSA) is 55.7 Å². The summed E-state index contributed by atoms with van der Waals surface area (Å²) >= 11 is 12.0. The Bertz CT molecular complexity index is 650. The van der Waals surface area contributed by atoms with Gasteiger partial charge in [0.1, 0.15) is 11.5 Å². The van der Waals surface area contributed by atoms with E-state index in [0.717, 1.165) is 5.56 Å². The molecular weight excluding hydrogens is 325 g/mol. The predicted octanol–water partition coefficient (Wildman–Crippen LogP) is 3.73. The van der Waals surface area contributed by atoms with Crippen LogP contribution < -0.4 is 0 Å². The molecule has 0 bridgehead atoms. The van der Waals surface area contributed by atoms with Crippen molar-refractivity contribution in [1.29, 1.82) is 0 Å². The number of allylic oxidation sites excluding steroid dienone is 1. The van der Waals surface area contributed by atoms with Gasteiger partial charge in [0.2, 0.25) is 0 Å². The maximum atomic E-state index is 12.3. The highest BCUT2D eigenvalue weighted by molar-refractivity contribution is 6.67. The zero-order chi connectivity index (χ0) is 16.3. The first-order valence-corrected chi connectivity index (χ1v) is 7.57. The van der Waals surface area contributed by atoms with Gasteiger partial charge < -0.3 is 9.53 Å². The molecule has 1 heterocycles. The number of halogens is 2. The Kier molecular flexibility index (Phi) is 5.37. The highest BCUT2D eigenvalue weighted by Crippen LogP contribution is 2.39. The second-order valence-electron chi connectivity index (χ2n) is 4.85. The van der Waals surface area contributed by atoms with Gasteiger partial charge in [-0.3, -0.25) is 0 Å². The zero-order valence-corrected chi connectivity index (χ0v) is 13.7. The Balaban J connectivity index is 2.57. The Morgan fingerprint density at radius 1 is 1.32 bits per heavy atom. The van der Waals surface area contributed by atoms with E-state index >= 15 is 0 Å². The molecule has 2 rings (SSSR count). The van der Waals surface area contributed by atoms with Gasteiger partial charge in [-0.1, -0.05) is 35.3 Å². The molecule has 1 aromatic rings. The van der Waals surface area contributed by atoms with E-state index in [1.165, 1.54) is 0 Å². The van der Waals surface area contributed by atoms with E-state index in [1.807, 2.05) is 0 Å². The number of aliphatic imine (C=N–C) groups is 1. The lowest BCUT2D eigenvalue weighted by atomic mass is 9.79. The summed E-state index contributed by atoms with van der Waals surface area (Å²) in [7, 11) is 0. The van der Waals surface area contributed by atoms with E-state index in [0.29, 0.717) is 22.6 Å². The largest absolute Gasteiger partial charge is 0.463 e. The minimum Gasteiger partial charge on any atom is -0.463 e. The van der Waals surface area contributed by atoms with Gasteiger partial charge in [-0.25, -0.2) is 9.79 Å². The number of aldehydes is 1. The van der Waals surface area contributed by atoms with E-state index in [-0.39, 0.29) is 11.8 Å². The number of carbonyl (C=O) groups excluding carboxylic acids is 2. The number of hydrogen-bond donors (Lipinski definition) is 0. The normalized spacial score (nSPS) is 21.4. The van der Waals surface area contributed by atoms with Crippen molar-refractivity contribution in [2.45, 2.75) is 19.8 Å². The Morgan fingerprint density at radius 3 is 2.50 bits per heavy atom. The van der Waals surface area contributed by atoms with Crippen molar-refractivity contribution in [2.75, 3.05) is 6.61 Å². The van der Waals surface area contributed by atoms with E-state index in [1.54, 1.807) is 38.1 Å². The maximum absolute atomic E-state index is 12.3. The molecule has 0 aliphatic carbocycles. The maximum Gasteiger partial charge on any atom is 0.336 e. The monoisotopic (exact) mass is 339 g/mol. The second kappa shape index (κ2) is 7.07. The second-order valence-corrected chi connectivity index (χ2v) is 5.67. The molecule has 22 heavy (non-hydrogen) atoms. The summed E-state index contributed by atoms with van der Waals surface area (Å²) in [6.45, 7) is 3.64. The lowest BCUT2D eigenvalue weighted by Gasteiger charge is -2.28. The average Bonchev–Trinajstić information content (AvgIpc) is 2.47. The Labute approximate surface area is 138 Å². The van der Waals surface area contributed by atoms with Crippen LogP contribution in [0.25, 0.3) is 0 Å². The van der Waals surface area contributed by atoms with Gasteiger partial charge in [-0.05, 0) is 31.5 Å². The predicted molar refractivity (Wildman–Crippen MR) is 86.4 cm³/mol. The van der Waals surface area contributed by atoms with E-state index in [4.69, 9.17) is 27.9 Å². The molecular formula is C16H15Cl2NO3. The SMILES string of the molecule is CCOC(=O)C1=C(C)N=C(Cl)C(C=O)C1c1ccc(Cl)cc1. The Morgan fingerprint density at radius 2 is 1.95 bits per heavy atom. The molecule has 1 aliphatic rings. The van der Waals surface area contributed by atoms with Crippen molar-refractivity contribution >= 4 is 40.6 Å². The summed E-state index contributed by atoms with van der Waals surface area (Å²) in [5.41, 5.74) is 1.57. The molecule has 0 saturated carbocycles. The van der Waals surface area contributed by atoms with Crippen molar-refractivity contribution in [1.82, 2.24) is 0 Å². The standard InChI is InChI=1S/C16H15Cl2NO3/c1-3-22-16(21)13-9(2)19-15(18)12(8-20)14(13)10-4-6-11(17)7-5-10/h4-8,12,14H,3H2,1-2H3. The zero-order valence-electron chi connectivity index (χ0n) is 12.2. The summed E-state index contributed by atoms with van der Waals surface area (Å²) < 4.78 is 5.10. The van der Waals surface area contributed by atoms with Crippen LogP contribution in [0.3, 0.4) is 0 Å². The molecule has 0 fully saturated rings. The van der Waals surface area contributed by atoms with Gasteiger partial charge in [0.25, 0.3) is 0 Å². The average molecular weight is 340 g/mol. The minimum atomic E-state index is -0.717. The number of ether oxygens (including phenoxy) is 1. The fourth-order valence-corrected chi connectivity index (χ4v) is 2.93. The molecule has 0 amide bonds.